The summed E-state index contributed by atoms with van der Waals surface area (Å²) in [6.45, 7) is 6.76. The second kappa shape index (κ2) is 15.4. The fraction of sp³-hybridized carbons (Fsp3) is 0.375. The number of amides is 2. The van der Waals surface area contributed by atoms with Gasteiger partial charge in [0.15, 0.2) is 0 Å². The van der Waals surface area contributed by atoms with Gasteiger partial charge in [-0.1, -0.05) is 91.6 Å². The van der Waals surface area contributed by atoms with Crippen molar-refractivity contribution in [3.63, 3.8) is 0 Å². The Morgan fingerprint density at radius 1 is 0.952 bits per heavy atom. The van der Waals surface area contributed by atoms with Gasteiger partial charge in [-0.2, -0.15) is 0 Å². The van der Waals surface area contributed by atoms with Crippen molar-refractivity contribution in [3.05, 3.63) is 99.5 Å². The maximum Gasteiger partial charge on any atom is 0.243 e. The molecule has 0 aliphatic heterocycles. The van der Waals surface area contributed by atoms with Gasteiger partial charge in [-0.3, -0.25) is 13.9 Å². The van der Waals surface area contributed by atoms with Crippen molar-refractivity contribution in [2.24, 2.45) is 5.92 Å². The molecule has 1 N–H and O–H groups in total. The Hall–Kier alpha value is -3.07. The Kier molecular flexibility index (Phi) is 12.3. The third kappa shape index (κ3) is 9.75. The fourth-order valence-electron chi connectivity index (χ4n) is 4.61. The summed E-state index contributed by atoms with van der Waals surface area (Å²) >= 11 is 12.4. The van der Waals surface area contributed by atoms with Crippen LogP contribution in [-0.4, -0.2) is 50.5 Å². The molecular weight excluding hydrogens is 593 g/mol. The Morgan fingerprint density at radius 2 is 1.62 bits per heavy atom. The molecule has 0 aliphatic carbocycles. The van der Waals surface area contributed by atoms with Crippen molar-refractivity contribution < 1.29 is 18.0 Å². The first-order valence-electron chi connectivity index (χ1n) is 13.9. The molecule has 3 aromatic rings. The van der Waals surface area contributed by atoms with Crippen LogP contribution in [0.3, 0.4) is 0 Å². The van der Waals surface area contributed by atoms with Crippen LogP contribution in [-0.2, 0) is 32.6 Å². The first-order chi connectivity index (χ1) is 19.9. The van der Waals surface area contributed by atoms with Gasteiger partial charge in [-0.15, -0.1) is 0 Å². The van der Waals surface area contributed by atoms with Crippen LogP contribution in [0.5, 0.6) is 0 Å². The number of carbonyl (C=O) groups excluding carboxylic acids is 2. The van der Waals surface area contributed by atoms with Crippen molar-refractivity contribution in [2.75, 3.05) is 23.7 Å². The smallest absolute Gasteiger partial charge is 0.243 e. The summed E-state index contributed by atoms with van der Waals surface area (Å²) in [6.07, 6.45) is 1.67. The number of carbonyl (C=O) groups is 2. The first-order valence-corrected chi connectivity index (χ1v) is 16.6. The quantitative estimate of drug-likeness (QED) is 0.227. The summed E-state index contributed by atoms with van der Waals surface area (Å²) in [5, 5.41) is 3.60. The molecule has 7 nitrogen and oxygen atoms in total. The number of benzene rings is 3. The molecule has 0 bridgehead atoms. The van der Waals surface area contributed by atoms with Gasteiger partial charge in [0.1, 0.15) is 6.04 Å². The highest BCUT2D eigenvalue weighted by Crippen LogP contribution is 2.31. The topological polar surface area (TPSA) is 86.8 Å². The van der Waals surface area contributed by atoms with Crippen LogP contribution in [0, 0.1) is 12.8 Å². The Morgan fingerprint density at radius 3 is 2.26 bits per heavy atom. The molecule has 3 aromatic carbocycles. The molecule has 0 fully saturated rings. The highest BCUT2D eigenvalue weighted by molar-refractivity contribution is 7.92. The maximum absolute atomic E-state index is 14.0. The summed E-state index contributed by atoms with van der Waals surface area (Å²) in [7, 11) is -3.71. The highest BCUT2D eigenvalue weighted by Gasteiger charge is 2.31. The number of rotatable bonds is 14. The molecule has 0 spiro atoms. The Balaban J connectivity index is 1.91. The van der Waals surface area contributed by atoms with E-state index in [0.29, 0.717) is 18.0 Å². The maximum atomic E-state index is 14.0. The van der Waals surface area contributed by atoms with E-state index in [1.807, 2.05) is 75.4 Å². The van der Waals surface area contributed by atoms with E-state index < -0.39 is 16.1 Å². The zero-order chi connectivity index (χ0) is 30.9. The van der Waals surface area contributed by atoms with Crippen molar-refractivity contribution in [1.82, 2.24) is 10.2 Å². The van der Waals surface area contributed by atoms with Crippen LogP contribution in [0.2, 0.25) is 10.0 Å². The molecule has 3 rings (SSSR count). The number of hydrogen-bond acceptors (Lipinski definition) is 4. The minimum absolute atomic E-state index is 0.0196. The molecule has 0 saturated heterocycles. The van der Waals surface area contributed by atoms with E-state index in [1.165, 1.54) is 12.1 Å². The van der Waals surface area contributed by atoms with Gasteiger partial charge in [-0.25, -0.2) is 8.42 Å². The monoisotopic (exact) mass is 631 g/mol. The predicted molar refractivity (Wildman–Crippen MR) is 171 cm³/mol. The van der Waals surface area contributed by atoms with Crippen molar-refractivity contribution in [1.29, 1.82) is 0 Å². The van der Waals surface area contributed by atoms with Gasteiger partial charge < -0.3 is 10.2 Å². The lowest BCUT2D eigenvalue weighted by atomic mass is 10.0. The third-order valence-electron chi connectivity index (χ3n) is 6.89. The molecule has 42 heavy (non-hydrogen) atoms. The average molecular weight is 633 g/mol. The number of hydrogen-bond donors (Lipinski definition) is 1. The van der Waals surface area contributed by atoms with Crippen LogP contribution in [0.4, 0.5) is 5.69 Å². The molecule has 0 aliphatic rings. The number of sulfonamides is 1. The molecule has 0 radical (unpaired) electrons. The van der Waals surface area contributed by atoms with Gasteiger partial charge in [0.05, 0.1) is 17.0 Å². The van der Waals surface area contributed by atoms with Crippen molar-refractivity contribution >= 4 is 50.7 Å². The number of nitrogens with one attached hydrogen (secondary N) is 1. The lowest BCUT2D eigenvalue weighted by molar-refractivity contribution is -0.141. The largest absolute Gasteiger partial charge is 0.354 e. The second-order valence-electron chi connectivity index (χ2n) is 10.8. The summed E-state index contributed by atoms with van der Waals surface area (Å²) in [6, 6.07) is 21.2. The van der Waals surface area contributed by atoms with Gasteiger partial charge in [-0.05, 0) is 54.2 Å². The van der Waals surface area contributed by atoms with Gasteiger partial charge in [0.25, 0.3) is 0 Å². The molecule has 1 atom stereocenters. The van der Waals surface area contributed by atoms with Gasteiger partial charge in [0.2, 0.25) is 21.8 Å². The van der Waals surface area contributed by atoms with E-state index >= 15 is 0 Å². The molecule has 0 unspecified atom stereocenters. The van der Waals surface area contributed by atoms with E-state index in [-0.39, 0.29) is 54.4 Å². The minimum atomic E-state index is -3.71. The average Bonchev–Trinajstić information content (AvgIpc) is 2.94. The number of anilines is 1. The number of nitrogens with zero attached hydrogens (tertiary/aromatic N) is 2. The van der Waals surface area contributed by atoms with Crippen molar-refractivity contribution in [2.45, 2.75) is 52.6 Å². The number of aryl methyl sites for hydroxylation is 1. The van der Waals surface area contributed by atoms with Gasteiger partial charge in [0, 0.05) is 37.5 Å². The molecule has 0 aromatic heterocycles. The zero-order valence-corrected chi connectivity index (χ0v) is 26.8. The van der Waals surface area contributed by atoms with E-state index in [2.05, 4.69) is 5.32 Å². The van der Waals surface area contributed by atoms with E-state index in [1.54, 1.807) is 11.0 Å². The van der Waals surface area contributed by atoms with E-state index in [9.17, 15) is 18.0 Å². The lowest BCUT2D eigenvalue weighted by Crippen LogP contribution is -2.51. The highest BCUT2D eigenvalue weighted by atomic mass is 35.5. The summed E-state index contributed by atoms with van der Waals surface area (Å²) in [4.78, 5) is 29.2. The molecule has 10 heteroatoms. The van der Waals surface area contributed by atoms with Crippen molar-refractivity contribution in [3.8, 4) is 0 Å². The van der Waals surface area contributed by atoms with E-state index in [0.717, 1.165) is 27.3 Å². The SMILES string of the molecule is Cc1ccccc1CN(C(=O)CCCN(c1cc(Cl)ccc1Cl)S(C)(=O)=O)[C@@H](Cc1ccccc1)C(=O)NCC(C)C. The normalized spacial score (nSPS) is 12.2. The number of halogens is 2. The van der Waals surface area contributed by atoms with E-state index in [4.69, 9.17) is 23.2 Å². The Bertz CT molecular complexity index is 1470. The van der Waals surface area contributed by atoms with Crippen LogP contribution in [0.1, 0.15) is 43.4 Å². The zero-order valence-electron chi connectivity index (χ0n) is 24.5. The third-order valence-corrected chi connectivity index (χ3v) is 8.62. The summed E-state index contributed by atoms with van der Waals surface area (Å²) in [5.41, 5.74) is 3.13. The van der Waals surface area contributed by atoms with Crippen LogP contribution >= 0.6 is 23.2 Å². The van der Waals surface area contributed by atoms with Crippen LogP contribution in [0.25, 0.3) is 0 Å². The predicted octanol–water partition coefficient (Wildman–Crippen LogP) is 6.26. The standard InChI is InChI=1S/C32H39Cl2N3O4S/c1-23(2)21-35-32(39)30(19-25-12-6-5-7-13-25)36(22-26-14-9-8-11-24(26)3)31(38)15-10-18-37(42(4,40)41)29-20-27(33)16-17-28(29)34/h5-9,11-14,16-17,20,23,30H,10,15,18-19,21-22H2,1-4H3,(H,35,39)/t30-/m0/s1. The first kappa shape index (κ1) is 33.4. The second-order valence-corrected chi connectivity index (χ2v) is 13.6. The fourth-order valence-corrected chi connectivity index (χ4v) is 6.01. The summed E-state index contributed by atoms with van der Waals surface area (Å²) < 4.78 is 26.5. The van der Waals surface area contributed by atoms with Gasteiger partial charge >= 0.3 is 0 Å². The molecule has 226 valence electrons. The minimum Gasteiger partial charge on any atom is -0.354 e. The lowest BCUT2D eigenvalue weighted by Gasteiger charge is -2.32. The Labute approximate surface area is 259 Å². The molecular formula is C32H39Cl2N3O4S. The molecule has 2 amide bonds. The van der Waals surface area contributed by atoms with Crippen LogP contribution in [0.15, 0.2) is 72.8 Å². The summed E-state index contributed by atoms with van der Waals surface area (Å²) in [5.74, 6) is -0.227. The molecule has 0 heterocycles. The molecule has 0 saturated carbocycles. The van der Waals surface area contributed by atoms with Crippen LogP contribution < -0.4 is 9.62 Å².